The van der Waals surface area contributed by atoms with E-state index in [1.807, 2.05) is 0 Å². The molecule has 0 unspecified atom stereocenters. The molecule has 1 saturated carbocycles. The maximum Gasteiger partial charge on any atom is 0.359 e. The van der Waals surface area contributed by atoms with Gasteiger partial charge in [-0.2, -0.15) is 5.10 Å². The summed E-state index contributed by atoms with van der Waals surface area (Å²) in [6.45, 7) is 1.86. The molecular formula is C19H23N3O4. The van der Waals surface area contributed by atoms with Crippen molar-refractivity contribution in [1.82, 2.24) is 15.1 Å². The number of nitrogens with one attached hydrogen (secondary N) is 1. The van der Waals surface area contributed by atoms with Crippen molar-refractivity contribution < 1.29 is 14.3 Å². The molecule has 7 heteroatoms. The van der Waals surface area contributed by atoms with E-state index in [4.69, 9.17) is 4.74 Å². The van der Waals surface area contributed by atoms with Gasteiger partial charge >= 0.3 is 5.97 Å². The Morgan fingerprint density at radius 2 is 1.85 bits per heavy atom. The third-order valence-electron chi connectivity index (χ3n) is 4.87. The molecule has 1 amide bonds. The van der Waals surface area contributed by atoms with Crippen molar-refractivity contribution in [3.05, 3.63) is 40.3 Å². The Morgan fingerprint density at radius 1 is 1.19 bits per heavy atom. The molecule has 0 radical (unpaired) electrons. The van der Waals surface area contributed by atoms with E-state index in [1.54, 1.807) is 24.3 Å². The van der Waals surface area contributed by atoms with Gasteiger partial charge in [-0.25, -0.2) is 9.48 Å². The summed E-state index contributed by atoms with van der Waals surface area (Å²) in [7, 11) is 1.47. The van der Waals surface area contributed by atoms with E-state index < -0.39 is 5.97 Å². The highest BCUT2D eigenvalue weighted by molar-refractivity contribution is 6.02. The van der Waals surface area contributed by atoms with Crippen LogP contribution < -0.4 is 10.9 Å². The number of aryl methyl sites for hydroxylation is 1. The van der Waals surface area contributed by atoms with Crippen LogP contribution >= 0.6 is 0 Å². The molecular weight excluding hydrogens is 334 g/mol. The van der Waals surface area contributed by atoms with Gasteiger partial charge in [0.05, 0.1) is 5.39 Å². The summed E-state index contributed by atoms with van der Waals surface area (Å²) < 4.78 is 6.23. The van der Waals surface area contributed by atoms with E-state index >= 15 is 0 Å². The highest BCUT2D eigenvalue weighted by Crippen LogP contribution is 2.23. The third kappa shape index (κ3) is 3.92. The summed E-state index contributed by atoms with van der Waals surface area (Å²) in [5.74, 6) is -0.332. The maximum atomic E-state index is 12.4. The maximum absolute atomic E-state index is 12.4. The van der Waals surface area contributed by atoms with Crippen LogP contribution in [0.4, 0.5) is 0 Å². The van der Waals surface area contributed by atoms with Gasteiger partial charge in [0.1, 0.15) is 0 Å². The van der Waals surface area contributed by atoms with Crippen LogP contribution in [0.2, 0.25) is 0 Å². The van der Waals surface area contributed by atoms with Crippen molar-refractivity contribution in [2.24, 2.45) is 13.0 Å². The molecule has 1 heterocycles. The quantitative estimate of drug-likeness (QED) is 0.843. The van der Waals surface area contributed by atoms with E-state index in [9.17, 15) is 14.4 Å². The van der Waals surface area contributed by atoms with E-state index in [2.05, 4.69) is 17.3 Å². The van der Waals surface area contributed by atoms with Crippen LogP contribution in [0.3, 0.4) is 0 Å². The molecule has 1 aromatic heterocycles. The fourth-order valence-corrected chi connectivity index (χ4v) is 3.32. The first-order valence-corrected chi connectivity index (χ1v) is 8.88. The van der Waals surface area contributed by atoms with E-state index in [0.29, 0.717) is 16.7 Å². The fraction of sp³-hybridized carbons (Fsp3) is 0.474. The normalized spacial score (nSPS) is 19.9. The number of carbonyl (C=O) groups is 2. The van der Waals surface area contributed by atoms with Crippen molar-refractivity contribution in [3.8, 4) is 0 Å². The number of rotatable bonds is 4. The molecule has 0 aliphatic heterocycles. The topological polar surface area (TPSA) is 90.3 Å². The van der Waals surface area contributed by atoms with Gasteiger partial charge in [-0.1, -0.05) is 25.1 Å². The van der Waals surface area contributed by atoms with Crippen LogP contribution in [0, 0.1) is 5.92 Å². The molecule has 0 bridgehead atoms. The second-order valence-electron chi connectivity index (χ2n) is 6.92. The Morgan fingerprint density at radius 3 is 2.54 bits per heavy atom. The number of esters is 1. The summed E-state index contributed by atoms with van der Waals surface area (Å²) in [5.41, 5.74) is -0.261. The van der Waals surface area contributed by atoms with E-state index in [0.717, 1.165) is 30.4 Å². The van der Waals surface area contributed by atoms with Gasteiger partial charge in [0.15, 0.2) is 12.3 Å². The van der Waals surface area contributed by atoms with Gasteiger partial charge in [0, 0.05) is 18.5 Å². The zero-order chi connectivity index (χ0) is 18.7. The number of fused-ring (bicyclic) bond motifs is 1. The summed E-state index contributed by atoms with van der Waals surface area (Å²) in [6.07, 6.45) is 4.10. The second kappa shape index (κ2) is 7.68. The SMILES string of the molecule is CC1CCC(NC(=O)COC(=O)c2nn(C)c(=O)c3ccccc23)CC1. The highest BCUT2D eigenvalue weighted by Gasteiger charge is 2.21. The number of hydrogen-bond donors (Lipinski definition) is 1. The molecule has 0 spiro atoms. The number of hydrogen-bond acceptors (Lipinski definition) is 5. The molecule has 7 nitrogen and oxygen atoms in total. The molecule has 1 aliphatic carbocycles. The van der Waals surface area contributed by atoms with Crippen LogP contribution in [-0.2, 0) is 16.6 Å². The minimum atomic E-state index is -0.718. The average molecular weight is 357 g/mol. The number of ether oxygens (including phenoxy) is 1. The Bertz CT molecular complexity index is 882. The van der Waals surface area contributed by atoms with Gasteiger partial charge in [-0.05, 0) is 37.7 Å². The van der Waals surface area contributed by atoms with Crippen LogP contribution in [-0.4, -0.2) is 34.3 Å². The number of amides is 1. The standard InChI is InChI=1S/C19H23N3O4/c1-12-7-9-13(10-8-12)20-16(23)11-26-19(25)17-14-5-3-4-6-15(14)18(24)22(2)21-17/h3-6,12-13H,7-11H2,1-2H3,(H,20,23). The summed E-state index contributed by atoms with van der Waals surface area (Å²) in [6, 6.07) is 6.86. The molecule has 1 fully saturated rings. The van der Waals surface area contributed by atoms with Crippen LogP contribution in [0.25, 0.3) is 10.8 Å². The van der Waals surface area contributed by atoms with Gasteiger partial charge in [-0.3, -0.25) is 9.59 Å². The van der Waals surface area contributed by atoms with Crippen molar-refractivity contribution in [2.75, 3.05) is 6.61 Å². The lowest BCUT2D eigenvalue weighted by atomic mass is 9.87. The second-order valence-corrected chi connectivity index (χ2v) is 6.92. The van der Waals surface area contributed by atoms with Crippen LogP contribution in [0.5, 0.6) is 0 Å². The van der Waals surface area contributed by atoms with Crippen molar-refractivity contribution in [2.45, 2.75) is 38.6 Å². The van der Waals surface area contributed by atoms with E-state index in [1.165, 1.54) is 7.05 Å². The largest absolute Gasteiger partial charge is 0.451 e. The molecule has 1 aromatic carbocycles. The fourth-order valence-electron chi connectivity index (χ4n) is 3.32. The number of nitrogens with zero attached hydrogens (tertiary/aromatic N) is 2. The molecule has 1 N–H and O–H groups in total. The molecule has 138 valence electrons. The van der Waals surface area contributed by atoms with Crippen molar-refractivity contribution in [1.29, 1.82) is 0 Å². The van der Waals surface area contributed by atoms with Gasteiger partial charge in [-0.15, -0.1) is 0 Å². The summed E-state index contributed by atoms with van der Waals surface area (Å²) in [5, 5.41) is 7.72. The Balaban J connectivity index is 1.65. The third-order valence-corrected chi connectivity index (χ3v) is 4.87. The molecule has 1 aliphatic rings. The predicted octanol–water partition coefficient (Wildman–Crippen LogP) is 1.79. The first kappa shape index (κ1) is 18.1. The molecule has 0 saturated heterocycles. The summed E-state index contributed by atoms with van der Waals surface area (Å²) >= 11 is 0. The van der Waals surface area contributed by atoms with Crippen molar-refractivity contribution >= 4 is 22.6 Å². The Labute approximate surface area is 151 Å². The lowest BCUT2D eigenvalue weighted by Crippen LogP contribution is -2.39. The first-order chi connectivity index (χ1) is 12.5. The smallest absolute Gasteiger partial charge is 0.359 e. The van der Waals surface area contributed by atoms with Crippen LogP contribution in [0.1, 0.15) is 43.1 Å². The van der Waals surface area contributed by atoms with Gasteiger partial charge < -0.3 is 10.1 Å². The monoisotopic (exact) mass is 357 g/mol. The first-order valence-electron chi connectivity index (χ1n) is 8.88. The molecule has 2 aromatic rings. The predicted molar refractivity (Wildman–Crippen MR) is 96.8 cm³/mol. The zero-order valence-corrected chi connectivity index (χ0v) is 15.0. The van der Waals surface area contributed by atoms with Gasteiger partial charge in [0.25, 0.3) is 11.5 Å². The van der Waals surface area contributed by atoms with E-state index in [-0.39, 0.29) is 29.8 Å². The number of aromatic nitrogens is 2. The minimum Gasteiger partial charge on any atom is -0.451 e. The molecule has 26 heavy (non-hydrogen) atoms. The molecule has 0 atom stereocenters. The minimum absolute atomic E-state index is 0.0296. The highest BCUT2D eigenvalue weighted by atomic mass is 16.5. The molecule has 3 rings (SSSR count). The number of carbonyl (C=O) groups excluding carboxylic acids is 2. The lowest BCUT2D eigenvalue weighted by Gasteiger charge is -2.26. The van der Waals surface area contributed by atoms with Crippen LogP contribution in [0.15, 0.2) is 29.1 Å². The lowest BCUT2D eigenvalue weighted by molar-refractivity contribution is -0.125. The number of benzene rings is 1. The summed E-state index contributed by atoms with van der Waals surface area (Å²) in [4.78, 5) is 36.5. The Hall–Kier alpha value is -2.70. The van der Waals surface area contributed by atoms with Crippen molar-refractivity contribution in [3.63, 3.8) is 0 Å². The van der Waals surface area contributed by atoms with Gasteiger partial charge in [0.2, 0.25) is 0 Å². The zero-order valence-electron chi connectivity index (χ0n) is 15.0. The average Bonchev–Trinajstić information content (AvgIpc) is 2.64. The Kier molecular flexibility index (Phi) is 5.35.